The molecule has 4 heteroatoms. The van der Waals surface area contributed by atoms with Crippen molar-refractivity contribution in [2.24, 2.45) is 0 Å². The molecule has 0 aliphatic heterocycles. The van der Waals surface area contributed by atoms with E-state index in [2.05, 4.69) is 15.9 Å². The average Bonchev–Trinajstić information content (AvgIpc) is 2.31. The average molecular weight is 313 g/mol. The summed E-state index contributed by atoms with van der Waals surface area (Å²) in [5.41, 5.74) is 7.52. The van der Waals surface area contributed by atoms with Crippen LogP contribution in [0.4, 0.5) is 5.69 Å². The van der Waals surface area contributed by atoms with Crippen LogP contribution in [0.5, 0.6) is 5.75 Å². The Morgan fingerprint density at radius 1 is 1.18 bits per heavy atom. The van der Waals surface area contributed by atoms with Crippen molar-refractivity contribution in [3.05, 3.63) is 57.5 Å². The van der Waals surface area contributed by atoms with Gasteiger partial charge >= 0.3 is 0 Å². The molecule has 2 N–H and O–H groups in total. The summed E-state index contributed by atoms with van der Waals surface area (Å²) in [6.07, 6.45) is 0. The summed E-state index contributed by atoms with van der Waals surface area (Å²) in [5, 5.41) is 0.665. The van der Waals surface area contributed by atoms with Crippen molar-refractivity contribution in [2.75, 3.05) is 5.73 Å². The van der Waals surface area contributed by atoms with Gasteiger partial charge in [-0.2, -0.15) is 0 Å². The molecular weight excluding hydrogens is 302 g/mol. The molecule has 0 aromatic heterocycles. The number of rotatable bonds is 3. The molecule has 0 fully saturated rings. The van der Waals surface area contributed by atoms with E-state index >= 15 is 0 Å². The first kappa shape index (κ1) is 12.3. The van der Waals surface area contributed by atoms with Gasteiger partial charge in [0.1, 0.15) is 12.4 Å². The SMILES string of the molecule is Nc1cc(COc2cccc(Cl)c2)ccc1Br. The van der Waals surface area contributed by atoms with E-state index in [4.69, 9.17) is 22.1 Å². The lowest BCUT2D eigenvalue weighted by Crippen LogP contribution is -1.97. The zero-order valence-corrected chi connectivity index (χ0v) is 11.3. The summed E-state index contributed by atoms with van der Waals surface area (Å²) >= 11 is 9.22. The molecular formula is C13H11BrClNO. The minimum atomic E-state index is 0.470. The number of benzene rings is 2. The van der Waals surface area contributed by atoms with E-state index in [1.54, 1.807) is 6.07 Å². The highest BCUT2D eigenvalue weighted by molar-refractivity contribution is 9.10. The predicted molar refractivity (Wildman–Crippen MR) is 74.3 cm³/mol. The van der Waals surface area contributed by atoms with Crippen molar-refractivity contribution < 1.29 is 4.74 Å². The molecule has 0 bridgehead atoms. The van der Waals surface area contributed by atoms with Crippen LogP contribution in [-0.2, 0) is 6.61 Å². The smallest absolute Gasteiger partial charge is 0.121 e. The molecule has 2 nitrogen and oxygen atoms in total. The highest BCUT2D eigenvalue weighted by Gasteiger charge is 2.00. The Labute approximate surface area is 113 Å². The van der Waals surface area contributed by atoms with Crippen molar-refractivity contribution in [3.8, 4) is 5.75 Å². The van der Waals surface area contributed by atoms with Crippen LogP contribution in [-0.4, -0.2) is 0 Å². The normalized spacial score (nSPS) is 10.2. The number of hydrogen-bond acceptors (Lipinski definition) is 2. The number of halogens is 2. The van der Waals surface area contributed by atoms with Gasteiger partial charge in [-0.3, -0.25) is 0 Å². The Morgan fingerprint density at radius 3 is 2.71 bits per heavy atom. The maximum absolute atomic E-state index is 5.87. The molecule has 2 aromatic rings. The molecule has 17 heavy (non-hydrogen) atoms. The molecule has 88 valence electrons. The molecule has 0 heterocycles. The zero-order valence-electron chi connectivity index (χ0n) is 8.99. The summed E-state index contributed by atoms with van der Waals surface area (Å²) in [6, 6.07) is 13.1. The van der Waals surface area contributed by atoms with Crippen LogP contribution in [0.2, 0.25) is 5.02 Å². The topological polar surface area (TPSA) is 35.2 Å². The largest absolute Gasteiger partial charge is 0.489 e. The molecule has 0 amide bonds. The number of ether oxygens (including phenoxy) is 1. The molecule has 0 unspecified atom stereocenters. The van der Waals surface area contributed by atoms with Gasteiger partial charge in [-0.1, -0.05) is 23.7 Å². The monoisotopic (exact) mass is 311 g/mol. The van der Waals surface area contributed by atoms with Gasteiger partial charge in [0.15, 0.2) is 0 Å². The van der Waals surface area contributed by atoms with Gasteiger partial charge in [0.2, 0.25) is 0 Å². The number of nitrogen functional groups attached to an aromatic ring is 1. The van der Waals surface area contributed by atoms with Crippen molar-refractivity contribution in [1.29, 1.82) is 0 Å². The van der Waals surface area contributed by atoms with Gasteiger partial charge in [0.05, 0.1) is 0 Å². The van der Waals surface area contributed by atoms with Gasteiger partial charge in [-0.25, -0.2) is 0 Å². The number of nitrogens with two attached hydrogens (primary N) is 1. The second-order valence-corrected chi connectivity index (χ2v) is 4.89. The first-order valence-corrected chi connectivity index (χ1v) is 6.24. The van der Waals surface area contributed by atoms with E-state index in [0.717, 1.165) is 15.8 Å². The van der Waals surface area contributed by atoms with Gasteiger partial charge in [0, 0.05) is 15.2 Å². The molecule has 0 aliphatic carbocycles. The van der Waals surface area contributed by atoms with E-state index in [9.17, 15) is 0 Å². The van der Waals surface area contributed by atoms with Gasteiger partial charge < -0.3 is 10.5 Å². The lowest BCUT2D eigenvalue weighted by atomic mass is 10.2. The molecule has 0 radical (unpaired) electrons. The maximum Gasteiger partial charge on any atom is 0.121 e. The zero-order chi connectivity index (χ0) is 12.3. The summed E-state index contributed by atoms with van der Waals surface area (Å²) in [5.74, 6) is 0.749. The highest BCUT2D eigenvalue weighted by Crippen LogP contribution is 2.22. The molecule has 2 rings (SSSR count). The van der Waals surface area contributed by atoms with Crippen molar-refractivity contribution in [2.45, 2.75) is 6.61 Å². The second kappa shape index (κ2) is 5.43. The molecule has 0 atom stereocenters. The first-order valence-electron chi connectivity index (χ1n) is 5.07. The van der Waals surface area contributed by atoms with E-state index in [-0.39, 0.29) is 0 Å². The highest BCUT2D eigenvalue weighted by atomic mass is 79.9. The van der Waals surface area contributed by atoms with E-state index in [1.807, 2.05) is 36.4 Å². The van der Waals surface area contributed by atoms with Crippen LogP contribution in [0.25, 0.3) is 0 Å². The molecule has 0 spiro atoms. The van der Waals surface area contributed by atoms with Crippen LogP contribution in [0.15, 0.2) is 46.9 Å². The summed E-state index contributed by atoms with van der Waals surface area (Å²) in [6.45, 7) is 0.470. The third kappa shape index (κ3) is 3.38. The first-order chi connectivity index (χ1) is 8.15. The van der Waals surface area contributed by atoms with E-state index in [1.165, 1.54) is 0 Å². The molecule has 0 aliphatic rings. The quantitative estimate of drug-likeness (QED) is 0.859. The van der Waals surface area contributed by atoms with Gasteiger partial charge in [-0.05, 0) is 51.8 Å². The van der Waals surface area contributed by atoms with E-state index in [0.29, 0.717) is 17.3 Å². The Balaban J connectivity index is 2.05. The van der Waals surface area contributed by atoms with Crippen LogP contribution in [0.3, 0.4) is 0 Å². The molecule has 2 aromatic carbocycles. The van der Waals surface area contributed by atoms with Crippen molar-refractivity contribution >= 4 is 33.2 Å². The Kier molecular flexibility index (Phi) is 3.92. The van der Waals surface area contributed by atoms with Gasteiger partial charge in [0.25, 0.3) is 0 Å². The minimum Gasteiger partial charge on any atom is -0.489 e. The second-order valence-electron chi connectivity index (χ2n) is 3.60. The third-order valence-corrected chi connectivity index (χ3v) is 3.22. The Morgan fingerprint density at radius 2 is 2.00 bits per heavy atom. The van der Waals surface area contributed by atoms with Gasteiger partial charge in [-0.15, -0.1) is 0 Å². The minimum absolute atomic E-state index is 0.470. The predicted octanol–water partition coefficient (Wildman–Crippen LogP) is 4.26. The summed E-state index contributed by atoms with van der Waals surface area (Å²) in [7, 11) is 0. The van der Waals surface area contributed by atoms with E-state index < -0.39 is 0 Å². The fraction of sp³-hybridized carbons (Fsp3) is 0.0769. The lowest BCUT2D eigenvalue weighted by molar-refractivity contribution is 0.306. The maximum atomic E-state index is 5.87. The fourth-order valence-electron chi connectivity index (χ4n) is 1.41. The summed E-state index contributed by atoms with van der Waals surface area (Å²) < 4.78 is 6.51. The Bertz CT molecular complexity index is 531. The summed E-state index contributed by atoms with van der Waals surface area (Å²) in [4.78, 5) is 0. The fourth-order valence-corrected chi connectivity index (χ4v) is 1.83. The molecule has 0 saturated carbocycles. The number of hydrogen-bond donors (Lipinski definition) is 1. The standard InChI is InChI=1S/C13H11BrClNO/c14-12-5-4-9(6-13(12)16)8-17-11-3-1-2-10(15)7-11/h1-7H,8,16H2. The number of anilines is 1. The van der Waals surface area contributed by atoms with Crippen molar-refractivity contribution in [3.63, 3.8) is 0 Å². The van der Waals surface area contributed by atoms with Crippen molar-refractivity contribution in [1.82, 2.24) is 0 Å². The van der Waals surface area contributed by atoms with Crippen LogP contribution in [0.1, 0.15) is 5.56 Å². The lowest BCUT2D eigenvalue weighted by Gasteiger charge is -2.07. The Hall–Kier alpha value is -1.19. The van der Waals surface area contributed by atoms with Crippen LogP contribution >= 0.6 is 27.5 Å². The van der Waals surface area contributed by atoms with Crippen LogP contribution in [0, 0.1) is 0 Å². The van der Waals surface area contributed by atoms with Crippen LogP contribution < -0.4 is 10.5 Å². The third-order valence-electron chi connectivity index (χ3n) is 2.26. The molecule has 0 saturated heterocycles.